The van der Waals surface area contributed by atoms with Crippen molar-refractivity contribution in [2.75, 3.05) is 5.32 Å². The van der Waals surface area contributed by atoms with Crippen LogP contribution in [0.3, 0.4) is 0 Å². The van der Waals surface area contributed by atoms with Crippen LogP contribution in [-0.4, -0.2) is 31.1 Å². The number of nitrogens with one attached hydrogen (secondary N) is 1. The second-order valence-corrected chi connectivity index (χ2v) is 7.97. The molecule has 1 unspecified atom stereocenters. The number of carboxylic acid groups (broad SMARTS) is 1. The number of imidazole rings is 1. The number of carbonyl (C=O) groups excluding carboxylic acids is 1. The standard InChI is InChI=1S/C27H22N4O3/c32-26(33)17-24(19-6-2-1-3-7-19)31-18-28-23-13-10-21(16-25(23)31)29-27(34)20-8-11-22(12-9-20)30-14-4-5-15-30/h1-16,18,24H,17H2,(H,29,34)(H,32,33). The maximum atomic E-state index is 12.9. The highest BCUT2D eigenvalue weighted by molar-refractivity contribution is 6.05. The van der Waals surface area contributed by atoms with E-state index in [1.165, 1.54) is 0 Å². The van der Waals surface area contributed by atoms with Gasteiger partial charge >= 0.3 is 5.97 Å². The van der Waals surface area contributed by atoms with Gasteiger partial charge in [0.25, 0.3) is 5.91 Å². The molecule has 0 aliphatic carbocycles. The van der Waals surface area contributed by atoms with Crippen molar-refractivity contribution in [1.29, 1.82) is 0 Å². The van der Waals surface area contributed by atoms with E-state index in [0.717, 1.165) is 22.3 Å². The Morgan fingerprint density at radius 2 is 1.65 bits per heavy atom. The largest absolute Gasteiger partial charge is 0.481 e. The Labute approximate surface area is 195 Å². The molecule has 1 amide bonds. The fraction of sp³-hybridized carbons (Fsp3) is 0.0741. The zero-order chi connectivity index (χ0) is 23.5. The van der Waals surface area contributed by atoms with Gasteiger partial charge in [-0.25, -0.2) is 4.98 Å². The summed E-state index contributed by atoms with van der Waals surface area (Å²) in [4.78, 5) is 28.9. The van der Waals surface area contributed by atoms with E-state index >= 15 is 0 Å². The third kappa shape index (κ3) is 4.31. The summed E-state index contributed by atoms with van der Waals surface area (Å²) < 4.78 is 3.82. The van der Waals surface area contributed by atoms with Crippen LogP contribution >= 0.6 is 0 Å². The second kappa shape index (κ2) is 9.07. The Morgan fingerprint density at radius 3 is 2.35 bits per heavy atom. The van der Waals surface area contributed by atoms with Crippen molar-refractivity contribution in [3.05, 3.63) is 115 Å². The first-order valence-electron chi connectivity index (χ1n) is 10.9. The zero-order valence-corrected chi connectivity index (χ0v) is 18.2. The van der Waals surface area contributed by atoms with Crippen LogP contribution in [0, 0.1) is 0 Å². The average molecular weight is 450 g/mol. The Balaban J connectivity index is 1.42. The molecule has 0 saturated heterocycles. The molecule has 1 atom stereocenters. The predicted molar refractivity (Wildman–Crippen MR) is 130 cm³/mol. The Bertz CT molecular complexity index is 1440. The van der Waals surface area contributed by atoms with E-state index in [1.807, 2.05) is 88.3 Å². The number of hydrogen-bond acceptors (Lipinski definition) is 3. The predicted octanol–water partition coefficient (Wildman–Crippen LogP) is 5.14. The number of aromatic nitrogens is 3. The Morgan fingerprint density at radius 1 is 0.912 bits per heavy atom. The fourth-order valence-electron chi connectivity index (χ4n) is 4.06. The van der Waals surface area contributed by atoms with E-state index in [9.17, 15) is 14.7 Å². The number of carboxylic acids is 1. The molecule has 0 radical (unpaired) electrons. The Hall–Kier alpha value is -4.65. The number of aliphatic carboxylic acids is 1. The van der Waals surface area contributed by atoms with Gasteiger partial charge in [0.1, 0.15) is 0 Å². The Kier molecular flexibility index (Phi) is 5.66. The molecule has 0 aliphatic rings. The van der Waals surface area contributed by atoms with E-state index < -0.39 is 12.0 Å². The monoisotopic (exact) mass is 450 g/mol. The van der Waals surface area contributed by atoms with Crippen LogP contribution in [-0.2, 0) is 4.79 Å². The van der Waals surface area contributed by atoms with Gasteiger partial charge in [-0.3, -0.25) is 9.59 Å². The number of benzene rings is 3. The third-order valence-electron chi connectivity index (χ3n) is 5.75. The fourth-order valence-corrected chi connectivity index (χ4v) is 4.06. The number of amides is 1. The second-order valence-electron chi connectivity index (χ2n) is 7.97. The molecular formula is C27H22N4O3. The highest BCUT2D eigenvalue weighted by atomic mass is 16.4. The van der Waals surface area contributed by atoms with Crippen LogP contribution < -0.4 is 5.32 Å². The van der Waals surface area contributed by atoms with E-state index in [0.29, 0.717) is 11.3 Å². The number of carbonyl (C=O) groups is 2. The molecular weight excluding hydrogens is 428 g/mol. The molecule has 7 heteroatoms. The van der Waals surface area contributed by atoms with Gasteiger partial charge in [0.15, 0.2) is 0 Å². The summed E-state index contributed by atoms with van der Waals surface area (Å²) in [6.07, 6.45) is 5.46. The van der Waals surface area contributed by atoms with Crippen molar-refractivity contribution in [2.24, 2.45) is 0 Å². The number of anilines is 1. The van der Waals surface area contributed by atoms with Crippen LogP contribution in [0.15, 0.2) is 104 Å². The van der Waals surface area contributed by atoms with Crippen molar-refractivity contribution in [2.45, 2.75) is 12.5 Å². The van der Waals surface area contributed by atoms with Crippen molar-refractivity contribution in [3.8, 4) is 5.69 Å². The van der Waals surface area contributed by atoms with Crippen LogP contribution in [0.5, 0.6) is 0 Å². The maximum Gasteiger partial charge on any atom is 0.305 e. The minimum absolute atomic E-state index is 0.0835. The first-order valence-corrected chi connectivity index (χ1v) is 10.9. The summed E-state index contributed by atoms with van der Waals surface area (Å²) in [5.74, 6) is -1.13. The summed E-state index contributed by atoms with van der Waals surface area (Å²) >= 11 is 0. The molecule has 3 aromatic carbocycles. The SMILES string of the molecule is O=C(O)CC(c1ccccc1)n1cnc2ccc(NC(=O)c3ccc(-n4cccc4)cc3)cc21. The molecule has 2 aromatic heterocycles. The summed E-state index contributed by atoms with van der Waals surface area (Å²) in [6.45, 7) is 0. The highest BCUT2D eigenvalue weighted by Crippen LogP contribution is 2.28. The van der Waals surface area contributed by atoms with Crippen molar-refractivity contribution in [3.63, 3.8) is 0 Å². The smallest absolute Gasteiger partial charge is 0.305 e. The quantitative estimate of drug-likeness (QED) is 0.359. The lowest BCUT2D eigenvalue weighted by atomic mass is 10.0. The van der Waals surface area contributed by atoms with E-state index in [2.05, 4.69) is 10.3 Å². The lowest BCUT2D eigenvalue weighted by Crippen LogP contribution is -2.15. The van der Waals surface area contributed by atoms with Crippen molar-refractivity contribution < 1.29 is 14.7 Å². The molecule has 2 heterocycles. The molecule has 0 bridgehead atoms. The van der Waals surface area contributed by atoms with Crippen LogP contribution in [0.25, 0.3) is 16.7 Å². The number of fused-ring (bicyclic) bond motifs is 1. The molecule has 0 saturated carbocycles. The minimum Gasteiger partial charge on any atom is -0.481 e. The summed E-state index contributed by atoms with van der Waals surface area (Å²) in [5, 5.41) is 12.4. The molecule has 168 valence electrons. The minimum atomic E-state index is -0.900. The van der Waals surface area contributed by atoms with Crippen molar-refractivity contribution in [1.82, 2.24) is 14.1 Å². The molecule has 0 aliphatic heterocycles. The third-order valence-corrected chi connectivity index (χ3v) is 5.75. The van der Waals surface area contributed by atoms with E-state index in [1.54, 1.807) is 24.5 Å². The summed E-state index contributed by atoms with van der Waals surface area (Å²) in [6, 6.07) is 25.7. The molecule has 0 fully saturated rings. The first kappa shape index (κ1) is 21.2. The molecule has 7 nitrogen and oxygen atoms in total. The molecule has 5 aromatic rings. The van der Waals surface area contributed by atoms with Gasteiger partial charge in [0.05, 0.1) is 29.8 Å². The zero-order valence-electron chi connectivity index (χ0n) is 18.2. The maximum absolute atomic E-state index is 12.9. The first-order chi connectivity index (χ1) is 16.6. The molecule has 34 heavy (non-hydrogen) atoms. The van der Waals surface area contributed by atoms with Gasteiger partial charge in [0.2, 0.25) is 0 Å². The topological polar surface area (TPSA) is 89.2 Å². The van der Waals surface area contributed by atoms with Gasteiger partial charge < -0.3 is 19.6 Å². The normalized spacial score (nSPS) is 11.9. The summed E-state index contributed by atoms with van der Waals surface area (Å²) in [7, 11) is 0. The number of hydrogen-bond donors (Lipinski definition) is 2. The van der Waals surface area contributed by atoms with Gasteiger partial charge in [-0.1, -0.05) is 30.3 Å². The van der Waals surface area contributed by atoms with E-state index in [4.69, 9.17) is 0 Å². The van der Waals surface area contributed by atoms with Gasteiger partial charge in [0, 0.05) is 29.3 Å². The van der Waals surface area contributed by atoms with Gasteiger partial charge in [-0.05, 0) is 60.2 Å². The lowest BCUT2D eigenvalue weighted by molar-refractivity contribution is -0.137. The molecule has 5 rings (SSSR count). The number of nitrogens with zero attached hydrogens (tertiary/aromatic N) is 3. The molecule has 2 N–H and O–H groups in total. The number of rotatable bonds is 7. The van der Waals surface area contributed by atoms with Crippen LogP contribution in [0.4, 0.5) is 5.69 Å². The van der Waals surface area contributed by atoms with Gasteiger partial charge in [-0.15, -0.1) is 0 Å². The highest BCUT2D eigenvalue weighted by Gasteiger charge is 2.20. The van der Waals surface area contributed by atoms with Crippen LogP contribution in [0.1, 0.15) is 28.4 Å². The molecule has 0 spiro atoms. The van der Waals surface area contributed by atoms with Gasteiger partial charge in [-0.2, -0.15) is 0 Å². The van der Waals surface area contributed by atoms with E-state index in [-0.39, 0.29) is 12.3 Å². The summed E-state index contributed by atoms with van der Waals surface area (Å²) in [5.41, 5.74) is 4.46. The average Bonchev–Trinajstić information content (AvgIpc) is 3.53. The van der Waals surface area contributed by atoms with Crippen LogP contribution in [0.2, 0.25) is 0 Å². The van der Waals surface area contributed by atoms with Crippen molar-refractivity contribution >= 4 is 28.6 Å². The lowest BCUT2D eigenvalue weighted by Gasteiger charge is -2.18.